The zero-order valence-electron chi connectivity index (χ0n) is 18.8. The summed E-state index contributed by atoms with van der Waals surface area (Å²) in [7, 11) is 1.26. The summed E-state index contributed by atoms with van der Waals surface area (Å²) in [6.07, 6.45) is 0.458. The number of carbonyl (C=O) groups excluding carboxylic acids is 3. The summed E-state index contributed by atoms with van der Waals surface area (Å²) in [6, 6.07) is 6.32. The van der Waals surface area contributed by atoms with Gasteiger partial charge in [-0.25, -0.2) is 4.79 Å². The van der Waals surface area contributed by atoms with Crippen LogP contribution in [-0.4, -0.2) is 49.8 Å². The molecule has 0 aromatic heterocycles. The van der Waals surface area contributed by atoms with E-state index in [1.165, 1.54) is 19.2 Å². The topological polar surface area (TPSA) is 111 Å². The van der Waals surface area contributed by atoms with Crippen LogP contribution in [-0.2, 0) is 28.6 Å². The van der Waals surface area contributed by atoms with Crippen LogP contribution in [0.5, 0.6) is 5.75 Å². The summed E-state index contributed by atoms with van der Waals surface area (Å²) in [4.78, 5) is 39.0. The Labute approximate surface area is 187 Å². The maximum absolute atomic E-state index is 13.6. The lowest BCUT2D eigenvalue weighted by atomic mass is 9.69. The average Bonchev–Trinajstić information content (AvgIpc) is 2.76. The van der Waals surface area contributed by atoms with Gasteiger partial charge in [0.2, 0.25) is 0 Å². The maximum atomic E-state index is 13.6. The van der Waals surface area contributed by atoms with Crippen molar-refractivity contribution in [2.45, 2.75) is 33.1 Å². The summed E-state index contributed by atoms with van der Waals surface area (Å²) in [5, 5.41) is 12.9. The molecule has 172 valence electrons. The van der Waals surface area contributed by atoms with E-state index in [1.807, 2.05) is 13.8 Å². The van der Waals surface area contributed by atoms with E-state index in [0.717, 1.165) is 0 Å². The molecule has 8 heteroatoms. The Bertz CT molecular complexity index is 961. The van der Waals surface area contributed by atoms with Gasteiger partial charge in [0.25, 0.3) is 0 Å². The predicted molar refractivity (Wildman–Crippen MR) is 115 cm³/mol. The van der Waals surface area contributed by atoms with E-state index in [0.29, 0.717) is 35.6 Å². The number of esters is 2. The number of phenols is 1. The van der Waals surface area contributed by atoms with Crippen LogP contribution in [0.3, 0.4) is 0 Å². The Hall–Kier alpha value is -3.13. The van der Waals surface area contributed by atoms with Crippen molar-refractivity contribution in [3.63, 3.8) is 0 Å². The van der Waals surface area contributed by atoms with Crippen LogP contribution in [0.1, 0.15) is 38.7 Å². The lowest BCUT2D eigenvalue weighted by molar-refractivity contribution is -0.151. The molecule has 1 aliphatic carbocycles. The Kier molecular flexibility index (Phi) is 7.35. The highest BCUT2D eigenvalue weighted by molar-refractivity contribution is 6.12. The minimum absolute atomic E-state index is 0.0643. The number of ketones is 1. The normalized spacial score (nSPS) is 22.9. The number of dihydropyridines is 1. The number of benzene rings is 1. The van der Waals surface area contributed by atoms with Crippen molar-refractivity contribution >= 4 is 17.7 Å². The minimum atomic E-state index is -0.950. The van der Waals surface area contributed by atoms with E-state index in [4.69, 9.17) is 14.2 Å². The van der Waals surface area contributed by atoms with E-state index in [1.54, 1.807) is 19.1 Å². The van der Waals surface area contributed by atoms with Gasteiger partial charge in [0, 0.05) is 29.5 Å². The van der Waals surface area contributed by atoms with Crippen LogP contribution in [0.4, 0.5) is 0 Å². The van der Waals surface area contributed by atoms with Gasteiger partial charge in [-0.1, -0.05) is 19.1 Å². The molecule has 3 atom stereocenters. The van der Waals surface area contributed by atoms with Crippen LogP contribution >= 0.6 is 0 Å². The Morgan fingerprint density at radius 1 is 1.19 bits per heavy atom. The molecule has 0 bridgehead atoms. The smallest absolute Gasteiger partial charge is 0.336 e. The van der Waals surface area contributed by atoms with Gasteiger partial charge in [-0.05, 0) is 43.9 Å². The van der Waals surface area contributed by atoms with Gasteiger partial charge in [0.15, 0.2) is 5.78 Å². The average molecular weight is 443 g/mol. The van der Waals surface area contributed by atoms with Crippen LogP contribution < -0.4 is 5.32 Å². The number of aromatic hydroxyl groups is 1. The molecule has 1 heterocycles. The molecular weight excluding hydrogens is 414 g/mol. The van der Waals surface area contributed by atoms with Gasteiger partial charge in [-0.3, -0.25) is 9.59 Å². The first-order valence-electron chi connectivity index (χ1n) is 10.7. The van der Waals surface area contributed by atoms with Crippen LogP contribution in [0.2, 0.25) is 0 Å². The summed E-state index contributed by atoms with van der Waals surface area (Å²) in [5.41, 5.74) is 2.55. The molecule has 8 nitrogen and oxygen atoms in total. The second-order valence-electron chi connectivity index (χ2n) is 7.96. The number of phenolic OH excluding ortho intramolecular Hbond substituents is 1. The van der Waals surface area contributed by atoms with Crippen molar-refractivity contribution in [3.05, 3.63) is 52.4 Å². The largest absolute Gasteiger partial charge is 0.508 e. The Morgan fingerprint density at radius 2 is 1.88 bits per heavy atom. The molecule has 0 unspecified atom stereocenters. The Morgan fingerprint density at radius 3 is 2.50 bits per heavy atom. The van der Waals surface area contributed by atoms with Gasteiger partial charge < -0.3 is 24.6 Å². The SMILES string of the molecule is CCOCCOC(=O)C1=C(C)NC2=C(C(=O)[C@@H](C(=O)OC)[C@H](C)C2)[C@H]1c1ccc(O)cc1. The predicted octanol–water partition coefficient (Wildman–Crippen LogP) is 2.58. The number of hydrogen-bond donors (Lipinski definition) is 2. The molecule has 0 spiro atoms. The minimum Gasteiger partial charge on any atom is -0.508 e. The fraction of sp³-hybridized carbons (Fsp3) is 0.458. The van der Waals surface area contributed by atoms with Gasteiger partial charge in [0.1, 0.15) is 18.3 Å². The number of rotatable bonds is 7. The zero-order chi connectivity index (χ0) is 23.4. The van der Waals surface area contributed by atoms with E-state index < -0.39 is 23.8 Å². The third kappa shape index (κ3) is 4.55. The third-order valence-electron chi connectivity index (χ3n) is 5.85. The fourth-order valence-corrected chi connectivity index (χ4v) is 4.37. The van der Waals surface area contributed by atoms with Gasteiger partial charge in [0.05, 0.1) is 19.3 Å². The quantitative estimate of drug-likeness (QED) is 0.376. The molecule has 3 rings (SSSR count). The lowest BCUT2D eigenvalue weighted by Gasteiger charge is -2.38. The van der Waals surface area contributed by atoms with Crippen molar-refractivity contribution in [1.82, 2.24) is 5.32 Å². The molecule has 1 aliphatic heterocycles. The first-order chi connectivity index (χ1) is 15.3. The van der Waals surface area contributed by atoms with E-state index in [9.17, 15) is 19.5 Å². The number of methoxy groups -OCH3 is 1. The van der Waals surface area contributed by atoms with Crippen molar-refractivity contribution < 1.29 is 33.7 Å². The molecule has 0 saturated heterocycles. The number of carbonyl (C=O) groups is 3. The van der Waals surface area contributed by atoms with E-state index >= 15 is 0 Å². The first kappa shape index (κ1) is 23.5. The second-order valence-corrected chi connectivity index (χ2v) is 7.96. The first-order valence-corrected chi connectivity index (χ1v) is 10.7. The summed E-state index contributed by atoms with van der Waals surface area (Å²) >= 11 is 0. The molecule has 1 aromatic carbocycles. The van der Waals surface area contributed by atoms with Crippen LogP contribution in [0, 0.1) is 11.8 Å². The molecule has 32 heavy (non-hydrogen) atoms. The number of nitrogens with one attached hydrogen (secondary N) is 1. The number of ether oxygens (including phenoxy) is 3. The molecular formula is C24H29NO7. The van der Waals surface area contributed by atoms with Crippen LogP contribution in [0.15, 0.2) is 46.8 Å². The lowest BCUT2D eigenvalue weighted by Crippen LogP contribution is -2.43. The van der Waals surface area contributed by atoms with Crippen LogP contribution in [0.25, 0.3) is 0 Å². The monoisotopic (exact) mass is 443 g/mol. The zero-order valence-corrected chi connectivity index (χ0v) is 18.8. The second kappa shape index (κ2) is 9.99. The number of Topliss-reactive ketones (excluding diaryl/α,β-unsaturated/α-hetero) is 1. The molecule has 2 aliphatic rings. The van der Waals surface area contributed by atoms with Crippen molar-refractivity contribution in [3.8, 4) is 5.75 Å². The molecule has 2 N–H and O–H groups in total. The highest BCUT2D eigenvalue weighted by atomic mass is 16.6. The number of allylic oxidation sites excluding steroid dienone is 3. The standard InChI is InChI=1S/C24H29NO7/c1-5-31-10-11-32-24(29)19-14(3)25-17-12-13(2)18(23(28)30-4)22(27)21(17)20(19)15-6-8-16(26)9-7-15/h6-9,13,18,20,25-26H,5,10-12H2,1-4H3/t13-,18+,20+/m1/s1. The third-order valence-corrected chi connectivity index (χ3v) is 5.85. The molecule has 1 aromatic rings. The summed E-state index contributed by atoms with van der Waals surface area (Å²) in [5.74, 6) is -3.41. The number of hydrogen-bond acceptors (Lipinski definition) is 8. The molecule has 0 amide bonds. The van der Waals surface area contributed by atoms with E-state index in [-0.39, 0.29) is 36.2 Å². The van der Waals surface area contributed by atoms with Gasteiger partial charge >= 0.3 is 11.9 Å². The highest BCUT2D eigenvalue weighted by Crippen LogP contribution is 2.45. The van der Waals surface area contributed by atoms with E-state index in [2.05, 4.69) is 5.32 Å². The Balaban J connectivity index is 2.06. The van der Waals surface area contributed by atoms with Crippen molar-refractivity contribution in [2.75, 3.05) is 26.9 Å². The summed E-state index contributed by atoms with van der Waals surface area (Å²) in [6.45, 7) is 6.29. The molecule has 0 fully saturated rings. The highest BCUT2D eigenvalue weighted by Gasteiger charge is 2.47. The van der Waals surface area contributed by atoms with Crippen molar-refractivity contribution in [2.24, 2.45) is 11.8 Å². The summed E-state index contributed by atoms with van der Waals surface area (Å²) < 4.78 is 15.5. The molecule has 0 radical (unpaired) electrons. The maximum Gasteiger partial charge on any atom is 0.336 e. The van der Waals surface area contributed by atoms with Gasteiger partial charge in [-0.15, -0.1) is 0 Å². The van der Waals surface area contributed by atoms with Gasteiger partial charge in [-0.2, -0.15) is 0 Å². The van der Waals surface area contributed by atoms with Crippen molar-refractivity contribution in [1.29, 1.82) is 0 Å². The fourth-order valence-electron chi connectivity index (χ4n) is 4.37. The molecule has 0 saturated carbocycles.